The van der Waals surface area contributed by atoms with Crippen LogP contribution in [0.5, 0.6) is 0 Å². The van der Waals surface area contributed by atoms with Crippen LogP contribution in [-0.4, -0.2) is 23.2 Å². The van der Waals surface area contributed by atoms with Gasteiger partial charge in [-0.25, -0.2) is 0 Å². The summed E-state index contributed by atoms with van der Waals surface area (Å²) in [6.45, 7) is 6.39. The van der Waals surface area contributed by atoms with Crippen molar-refractivity contribution in [2.45, 2.75) is 71.4 Å². The first-order chi connectivity index (χ1) is 8.02. The highest BCUT2D eigenvalue weighted by Crippen LogP contribution is 2.27. The Hall–Kier alpha value is -0.570. The van der Waals surface area contributed by atoms with Gasteiger partial charge in [-0.15, -0.1) is 0 Å². The van der Waals surface area contributed by atoms with Gasteiger partial charge in [-0.05, 0) is 31.1 Å². The Morgan fingerprint density at radius 1 is 1.41 bits per heavy atom. The molecule has 0 radical (unpaired) electrons. The minimum atomic E-state index is -0.697. The molecule has 0 aromatic rings. The number of hydrogen-bond acceptors (Lipinski definition) is 2. The molecule has 0 heterocycles. The third-order valence-electron chi connectivity index (χ3n) is 3.80. The van der Waals surface area contributed by atoms with Gasteiger partial charge >= 0.3 is 5.97 Å². The standard InChI is InChI=1S/C14H27NO2/c1-4-11-6-5-7-12(9-11)15-13(14(16)17)8-10(2)3/h10-13,15H,4-9H2,1-3H3,(H,16,17). The number of rotatable bonds is 6. The molecule has 0 saturated heterocycles. The van der Waals surface area contributed by atoms with Crippen molar-refractivity contribution in [1.82, 2.24) is 5.32 Å². The zero-order chi connectivity index (χ0) is 12.8. The summed E-state index contributed by atoms with van der Waals surface area (Å²) in [6, 6.07) is 0.0455. The monoisotopic (exact) mass is 241 g/mol. The van der Waals surface area contributed by atoms with Crippen molar-refractivity contribution in [1.29, 1.82) is 0 Å². The molecule has 1 fully saturated rings. The first-order valence-corrected chi connectivity index (χ1v) is 7.01. The lowest BCUT2D eigenvalue weighted by atomic mass is 9.83. The quantitative estimate of drug-likeness (QED) is 0.751. The zero-order valence-electron chi connectivity index (χ0n) is 11.4. The van der Waals surface area contributed by atoms with E-state index < -0.39 is 5.97 Å². The van der Waals surface area contributed by atoms with E-state index in [2.05, 4.69) is 26.1 Å². The van der Waals surface area contributed by atoms with E-state index in [9.17, 15) is 9.90 Å². The minimum Gasteiger partial charge on any atom is -0.480 e. The number of carbonyl (C=O) groups is 1. The fourth-order valence-corrected chi connectivity index (χ4v) is 2.81. The fourth-order valence-electron chi connectivity index (χ4n) is 2.81. The lowest BCUT2D eigenvalue weighted by molar-refractivity contribution is -0.140. The Labute approximate surface area is 105 Å². The minimum absolute atomic E-state index is 0.365. The highest BCUT2D eigenvalue weighted by Gasteiger charge is 2.26. The molecule has 1 saturated carbocycles. The molecule has 0 aromatic carbocycles. The van der Waals surface area contributed by atoms with E-state index in [1.165, 1.54) is 19.3 Å². The largest absolute Gasteiger partial charge is 0.480 e. The number of carboxylic acid groups (broad SMARTS) is 1. The number of carboxylic acids is 1. The van der Waals surface area contributed by atoms with Gasteiger partial charge in [-0.3, -0.25) is 4.79 Å². The number of nitrogens with one attached hydrogen (secondary N) is 1. The molecule has 0 aromatic heterocycles. The number of aliphatic carboxylic acids is 1. The van der Waals surface area contributed by atoms with Crippen LogP contribution in [0.4, 0.5) is 0 Å². The summed E-state index contributed by atoms with van der Waals surface area (Å²) in [5, 5.41) is 12.6. The summed E-state index contributed by atoms with van der Waals surface area (Å²) in [4.78, 5) is 11.2. The second kappa shape index (κ2) is 7.00. The smallest absolute Gasteiger partial charge is 0.320 e. The number of hydrogen-bond donors (Lipinski definition) is 2. The second-order valence-corrected chi connectivity index (χ2v) is 5.82. The van der Waals surface area contributed by atoms with Crippen molar-refractivity contribution in [3.8, 4) is 0 Å². The molecule has 2 N–H and O–H groups in total. The summed E-state index contributed by atoms with van der Waals surface area (Å²) in [6.07, 6.45) is 6.79. The average Bonchev–Trinajstić information content (AvgIpc) is 2.27. The lowest BCUT2D eigenvalue weighted by Crippen LogP contribution is -2.45. The predicted octanol–water partition coefficient (Wildman–Crippen LogP) is 3.04. The Kier molecular flexibility index (Phi) is 5.96. The van der Waals surface area contributed by atoms with Crippen molar-refractivity contribution >= 4 is 5.97 Å². The van der Waals surface area contributed by atoms with Gasteiger partial charge < -0.3 is 10.4 Å². The van der Waals surface area contributed by atoms with Gasteiger partial charge in [0.15, 0.2) is 0 Å². The van der Waals surface area contributed by atoms with E-state index in [1.807, 2.05) is 0 Å². The molecule has 3 unspecified atom stereocenters. The molecular formula is C14H27NO2. The van der Waals surface area contributed by atoms with Gasteiger partial charge in [0.1, 0.15) is 6.04 Å². The maximum Gasteiger partial charge on any atom is 0.320 e. The first kappa shape index (κ1) is 14.5. The van der Waals surface area contributed by atoms with Gasteiger partial charge in [0.05, 0.1) is 0 Å². The predicted molar refractivity (Wildman–Crippen MR) is 70.1 cm³/mol. The van der Waals surface area contributed by atoms with Crippen LogP contribution < -0.4 is 5.32 Å². The molecule has 3 nitrogen and oxygen atoms in total. The second-order valence-electron chi connectivity index (χ2n) is 5.82. The Bertz CT molecular complexity index is 240. The van der Waals surface area contributed by atoms with Gasteiger partial charge in [0, 0.05) is 6.04 Å². The van der Waals surface area contributed by atoms with E-state index in [0.717, 1.165) is 25.2 Å². The van der Waals surface area contributed by atoms with Crippen molar-refractivity contribution in [3.05, 3.63) is 0 Å². The topological polar surface area (TPSA) is 49.3 Å². The molecule has 0 bridgehead atoms. The van der Waals surface area contributed by atoms with E-state index in [0.29, 0.717) is 12.0 Å². The highest BCUT2D eigenvalue weighted by atomic mass is 16.4. The molecule has 17 heavy (non-hydrogen) atoms. The van der Waals surface area contributed by atoms with Crippen molar-refractivity contribution in [2.24, 2.45) is 11.8 Å². The molecule has 1 aliphatic carbocycles. The van der Waals surface area contributed by atoms with Crippen molar-refractivity contribution < 1.29 is 9.90 Å². The normalized spacial score (nSPS) is 27.1. The molecule has 3 atom stereocenters. The Morgan fingerprint density at radius 2 is 2.12 bits per heavy atom. The maximum atomic E-state index is 11.2. The van der Waals surface area contributed by atoms with Gasteiger partial charge in [-0.1, -0.05) is 40.0 Å². The van der Waals surface area contributed by atoms with Crippen LogP contribution in [-0.2, 0) is 4.79 Å². The van der Waals surface area contributed by atoms with Crippen molar-refractivity contribution in [2.75, 3.05) is 0 Å². The zero-order valence-corrected chi connectivity index (χ0v) is 11.4. The van der Waals surface area contributed by atoms with Crippen molar-refractivity contribution in [3.63, 3.8) is 0 Å². The maximum absolute atomic E-state index is 11.2. The molecule has 0 aliphatic heterocycles. The molecule has 1 aliphatic rings. The van der Waals surface area contributed by atoms with Crippen LogP contribution in [0.25, 0.3) is 0 Å². The van der Waals surface area contributed by atoms with Crippen LogP contribution in [0, 0.1) is 11.8 Å². The molecule has 100 valence electrons. The van der Waals surface area contributed by atoms with Crippen LogP contribution in [0.2, 0.25) is 0 Å². The SMILES string of the molecule is CCC1CCCC(NC(CC(C)C)C(=O)O)C1. The third kappa shape index (κ3) is 5.07. The van der Waals surface area contributed by atoms with Crippen LogP contribution in [0.3, 0.4) is 0 Å². The molecule has 0 spiro atoms. The Morgan fingerprint density at radius 3 is 2.65 bits per heavy atom. The van der Waals surface area contributed by atoms with E-state index in [-0.39, 0.29) is 6.04 Å². The molecule has 1 rings (SSSR count). The van der Waals surface area contributed by atoms with Gasteiger partial charge in [0.25, 0.3) is 0 Å². The molecule has 3 heteroatoms. The highest BCUT2D eigenvalue weighted by molar-refractivity contribution is 5.73. The van der Waals surface area contributed by atoms with Crippen LogP contribution in [0.1, 0.15) is 59.3 Å². The van der Waals surface area contributed by atoms with Crippen LogP contribution in [0.15, 0.2) is 0 Å². The van der Waals surface area contributed by atoms with Gasteiger partial charge in [0.2, 0.25) is 0 Å². The first-order valence-electron chi connectivity index (χ1n) is 7.01. The summed E-state index contributed by atoms with van der Waals surface area (Å²) >= 11 is 0. The van der Waals surface area contributed by atoms with E-state index >= 15 is 0 Å². The summed E-state index contributed by atoms with van der Waals surface area (Å²) < 4.78 is 0. The van der Waals surface area contributed by atoms with E-state index in [1.54, 1.807) is 0 Å². The summed E-state index contributed by atoms with van der Waals surface area (Å²) in [5.41, 5.74) is 0. The molecular weight excluding hydrogens is 214 g/mol. The summed E-state index contributed by atoms with van der Waals surface area (Å²) in [7, 11) is 0. The fraction of sp³-hybridized carbons (Fsp3) is 0.929. The Balaban J connectivity index is 2.45. The third-order valence-corrected chi connectivity index (χ3v) is 3.80. The van der Waals surface area contributed by atoms with E-state index in [4.69, 9.17) is 0 Å². The van der Waals surface area contributed by atoms with Gasteiger partial charge in [-0.2, -0.15) is 0 Å². The average molecular weight is 241 g/mol. The lowest BCUT2D eigenvalue weighted by Gasteiger charge is -2.31. The summed E-state index contributed by atoms with van der Waals surface area (Å²) in [5.74, 6) is 0.515. The molecule has 0 amide bonds. The van der Waals surface area contributed by atoms with Crippen LogP contribution >= 0.6 is 0 Å².